The van der Waals surface area contributed by atoms with E-state index in [0.717, 1.165) is 38.5 Å². The zero-order chi connectivity index (χ0) is 23.5. The van der Waals surface area contributed by atoms with Gasteiger partial charge in [-0.1, -0.05) is 6.07 Å². The molecule has 3 heterocycles. The fraction of sp³-hybridized carbons (Fsp3) is 0.417. The number of allylic oxidation sites excluding steroid dienone is 1. The van der Waals surface area contributed by atoms with Gasteiger partial charge in [0.15, 0.2) is 11.5 Å². The lowest BCUT2D eigenvalue weighted by Gasteiger charge is -2.28. The Hall–Kier alpha value is -3.48. The average Bonchev–Trinajstić information content (AvgIpc) is 2.83. The van der Waals surface area contributed by atoms with E-state index in [1.54, 1.807) is 30.9 Å². The van der Waals surface area contributed by atoms with Gasteiger partial charge in [0.25, 0.3) is 5.56 Å². The molecule has 9 heteroatoms. The fourth-order valence-corrected chi connectivity index (χ4v) is 4.51. The predicted octanol–water partition coefficient (Wildman–Crippen LogP) is 0.307. The normalized spacial score (nSPS) is 18.3. The number of ether oxygens (including phenoxy) is 4. The summed E-state index contributed by atoms with van der Waals surface area (Å²) in [5.74, 6) is 0.762. The number of aromatic nitrogens is 1. The number of quaternary nitrogens is 1. The molecule has 1 saturated heterocycles. The number of fused-ring (bicyclic) bond motifs is 1. The van der Waals surface area contributed by atoms with Gasteiger partial charge in [-0.05, 0) is 24.6 Å². The van der Waals surface area contributed by atoms with E-state index >= 15 is 0 Å². The smallest absolute Gasteiger partial charge is 0.258 e. The topological polar surface area (TPSA) is 113 Å². The quantitative estimate of drug-likeness (QED) is 0.647. The number of pyridine rings is 1. The van der Waals surface area contributed by atoms with Crippen LogP contribution in [0.5, 0.6) is 17.2 Å². The van der Waals surface area contributed by atoms with Crippen molar-refractivity contribution in [2.45, 2.75) is 19.4 Å². The first-order valence-corrected chi connectivity index (χ1v) is 10.9. The summed E-state index contributed by atoms with van der Waals surface area (Å²) in [5.41, 5.74) is 8.00. The van der Waals surface area contributed by atoms with Gasteiger partial charge in [0.1, 0.15) is 30.5 Å². The molecule has 0 bridgehead atoms. The Morgan fingerprint density at radius 1 is 1.21 bits per heavy atom. The number of benzene rings is 1. The lowest BCUT2D eigenvalue weighted by molar-refractivity contribution is -0.908. The lowest BCUT2D eigenvalue weighted by atomic mass is 9.84. The second kappa shape index (κ2) is 9.57. The molecule has 1 fully saturated rings. The van der Waals surface area contributed by atoms with E-state index in [2.05, 4.69) is 6.07 Å². The molecule has 0 spiro atoms. The molecule has 0 aliphatic carbocycles. The maximum absolute atomic E-state index is 13.8. The van der Waals surface area contributed by atoms with E-state index < -0.39 is 5.92 Å². The van der Waals surface area contributed by atoms with E-state index in [1.807, 2.05) is 19.1 Å². The van der Waals surface area contributed by atoms with Gasteiger partial charge in [-0.25, -0.2) is 0 Å². The van der Waals surface area contributed by atoms with Crippen LogP contribution in [-0.2, 0) is 11.3 Å². The van der Waals surface area contributed by atoms with Crippen molar-refractivity contribution in [3.05, 3.63) is 62.9 Å². The highest BCUT2D eigenvalue weighted by Crippen LogP contribution is 2.42. The maximum atomic E-state index is 13.8. The van der Waals surface area contributed by atoms with Crippen molar-refractivity contribution in [2.75, 3.05) is 47.1 Å². The number of rotatable bonds is 6. The Kier molecular flexibility index (Phi) is 6.58. The number of morpholine rings is 1. The van der Waals surface area contributed by atoms with Gasteiger partial charge in [0.2, 0.25) is 5.88 Å². The molecule has 0 saturated carbocycles. The van der Waals surface area contributed by atoms with Gasteiger partial charge in [-0.2, -0.15) is 5.26 Å². The molecule has 1 aromatic heterocycles. The minimum atomic E-state index is -0.673. The highest BCUT2D eigenvalue weighted by atomic mass is 16.5. The van der Waals surface area contributed by atoms with Crippen LogP contribution in [0.4, 0.5) is 0 Å². The third-order valence-electron chi connectivity index (χ3n) is 6.32. The summed E-state index contributed by atoms with van der Waals surface area (Å²) in [6, 6.07) is 9.30. The molecule has 0 amide bonds. The predicted molar refractivity (Wildman–Crippen MR) is 121 cm³/mol. The molecule has 2 aliphatic rings. The van der Waals surface area contributed by atoms with Gasteiger partial charge in [0, 0.05) is 11.8 Å². The van der Waals surface area contributed by atoms with Crippen molar-refractivity contribution in [1.82, 2.24) is 4.57 Å². The Bertz CT molecular complexity index is 1170. The first kappa shape index (κ1) is 22.7. The summed E-state index contributed by atoms with van der Waals surface area (Å²) >= 11 is 0. The second-order valence-corrected chi connectivity index (χ2v) is 8.17. The summed E-state index contributed by atoms with van der Waals surface area (Å²) in [6.45, 7) is 6.57. The lowest BCUT2D eigenvalue weighted by Crippen LogP contribution is -3.14. The van der Waals surface area contributed by atoms with Crippen LogP contribution < -0.4 is 30.4 Å². The molecule has 2 aromatic rings. The first-order chi connectivity index (χ1) is 16.0. The van der Waals surface area contributed by atoms with Crippen LogP contribution in [0.1, 0.15) is 22.7 Å². The number of nitrogens with zero attached hydrogens (tertiary/aromatic N) is 2. The number of aryl methyl sites for hydroxylation is 1. The summed E-state index contributed by atoms with van der Waals surface area (Å²) < 4.78 is 23.7. The summed E-state index contributed by atoms with van der Waals surface area (Å²) in [7, 11) is 3.09. The zero-order valence-electron chi connectivity index (χ0n) is 19.1. The Morgan fingerprint density at radius 3 is 2.61 bits per heavy atom. The van der Waals surface area contributed by atoms with Gasteiger partial charge < -0.3 is 34.1 Å². The van der Waals surface area contributed by atoms with Crippen molar-refractivity contribution in [3.8, 4) is 23.3 Å². The first-order valence-electron chi connectivity index (χ1n) is 10.9. The molecule has 3 N–H and O–H groups in total. The third kappa shape index (κ3) is 4.27. The van der Waals surface area contributed by atoms with Crippen molar-refractivity contribution >= 4 is 0 Å². The van der Waals surface area contributed by atoms with E-state index in [-0.39, 0.29) is 17.0 Å². The number of hydrogen-bond acceptors (Lipinski definition) is 7. The van der Waals surface area contributed by atoms with Crippen LogP contribution in [0.2, 0.25) is 0 Å². The van der Waals surface area contributed by atoms with Crippen LogP contribution in [-0.4, -0.2) is 51.6 Å². The van der Waals surface area contributed by atoms with Crippen molar-refractivity contribution in [2.24, 2.45) is 5.73 Å². The molecular weight excluding hydrogens is 424 g/mol. The molecule has 1 atom stereocenters. The summed E-state index contributed by atoms with van der Waals surface area (Å²) in [5, 5.41) is 9.89. The Labute approximate surface area is 192 Å². The van der Waals surface area contributed by atoms with E-state index in [1.165, 1.54) is 4.90 Å². The van der Waals surface area contributed by atoms with Crippen molar-refractivity contribution in [1.29, 1.82) is 5.26 Å². The Balaban J connectivity index is 1.80. The van der Waals surface area contributed by atoms with Crippen LogP contribution in [0.3, 0.4) is 0 Å². The molecule has 0 radical (unpaired) electrons. The Morgan fingerprint density at radius 2 is 1.94 bits per heavy atom. The SMILES string of the molecule is COc1ccc([C@H]2C(C#N)=C(N)Oc3cc(C)n(CC[NH+]4CCOCC4)c(=O)c32)cc1OC. The molecule has 9 nitrogen and oxygen atoms in total. The molecule has 1 aromatic carbocycles. The van der Waals surface area contributed by atoms with Gasteiger partial charge in [-0.15, -0.1) is 0 Å². The fourth-order valence-electron chi connectivity index (χ4n) is 4.51. The number of nitrogens with one attached hydrogen (secondary N) is 1. The molecular formula is C24H29N4O5+. The number of hydrogen-bond donors (Lipinski definition) is 2. The largest absolute Gasteiger partial charge is 0.493 e. The molecule has 174 valence electrons. The average molecular weight is 454 g/mol. The number of nitrogens with two attached hydrogens (primary N) is 1. The van der Waals surface area contributed by atoms with E-state index in [4.69, 9.17) is 24.7 Å². The number of methoxy groups -OCH3 is 2. The van der Waals surface area contributed by atoms with Gasteiger partial charge in [0.05, 0.1) is 52.0 Å². The van der Waals surface area contributed by atoms with Crippen LogP contribution in [0.15, 0.2) is 40.5 Å². The van der Waals surface area contributed by atoms with Crippen LogP contribution >= 0.6 is 0 Å². The standard InChI is InChI=1S/C24H28N4O5/c1-15-12-20-22(24(29)28(15)7-6-27-8-10-32-11-9-27)21(17(14-25)23(26)33-20)16-4-5-18(30-2)19(13-16)31-3/h4-5,12-13,21H,6-11,26H2,1-3H3/p+1/t21-/m0/s1. The summed E-state index contributed by atoms with van der Waals surface area (Å²) in [4.78, 5) is 15.2. The minimum Gasteiger partial charge on any atom is -0.493 e. The van der Waals surface area contributed by atoms with Crippen LogP contribution in [0, 0.1) is 18.3 Å². The molecule has 33 heavy (non-hydrogen) atoms. The molecule has 2 aliphatic heterocycles. The van der Waals surface area contributed by atoms with Crippen molar-refractivity contribution in [3.63, 3.8) is 0 Å². The van der Waals surface area contributed by atoms with Crippen LogP contribution in [0.25, 0.3) is 0 Å². The van der Waals surface area contributed by atoms with Crippen molar-refractivity contribution < 1.29 is 23.8 Å². The van der Waals surface area contributed by atoms with Gasteiger partial charge in [-0.3, -0.25) is 4.79 Å². The maximum Gasteiger partial charge on any atom is 0.258 e. The monoisotopic (exact) mass is 453 g/mol. The summed E-state index contributed by atoms with van der Waals surface area (Å²) in [6.07, 6.45) is 0. The highest BCUT2D eigenvalue weighted by Gasteiger charge is 2.35. The second-order valence-electron chi connectivity index (χ2n) is 8.17. The van der Waals surface area contributed by atoms with Gasteiger partial charge >= 0.3 is 0 Å². The van der Waals surface area contributed by atoms with E-state index in [0.29, 0.717) is 34.9 Å². The highest BCUT2D eigenvalue weighted by molar-refractivity contribution is 5.57. The molecule has 4 rings (SSSR count). The zero-order valence-corrected chi connectivity index (χ0v) is 19.1. The third-order valence-corrected chi connectivity index (χ3v) is 6.32. The minimum absolute atomic E-state index is 0.000837. The van der Waals surface area contributed by atoms with E-state index in [9.17, 15) is 10.1 Å². The molecule has 0 unspecified atom stereocenters. The number of nitriles is 1.